The molecule has 1 aromatic heterocycles. The molecule has 1 amide bonds. The summed E-state index contributed by atoms with van der Waals surface area (Å²) in [6.45, 7) is 1.47. The summed E-state index contributed by atoms with van der Waals surface area (Å²) >= 11 is 0. The van der Waals surface area contributed by atoms with Gasteiger partial charge in [0.25, 0.3) is 5.91 Å². The van der Waals surface area contributed by atoms with Crippen LogP contribution in [0.25, 0.3) is 11.3 Å². The molecule has 2 aromatic carbocycles. The monoisotopic (exact) mass is 336 g/mol. The van der Waals surface area contributed by atoms with Crippen LogP contribution < -0.4 is 10.9 Å². The standard InChI is InChI=1S/C19H16N2O4/c1-12(22)13-8-10-15(11-9-13)20-18(23)16-17(21(2)25-19(16)24)14-6-4-3-5-7-14/h3-11H,1-2H3,(H,20,23). The highest BCUT2D eigenvalue weighted by molar-refractivity contribution is 6.08. The van der Waals surface area contributed by atoms with Gasteiger partial charge in [0.2, 0.25) is 0 Å². The lowest BCUT2D eigenvalue weighted by Gasteiger charge is -2.07. The molecule has 126 valence electrons. The first-order valence-electron chi connectivity index (χ1n) is 7.65. The van der Waals surface area contributed by atoms with Crippen molar-refractivity contribution in [2.75, 3.05) is 5.32 Å². The highest BCUT2D eigenvalue weighted by Crippen LogP contribution is 2.22. The van der Waals surface area contributed by atoms with Crippen LogP contribution in [0.2, 0.25) is 0 Å². The molecule has 0 bridgehead atoms. The van der Waals surface area contributed by atoms with Crippen molar-refractivity contribution in [2.24, 2.45) is 7.05 Å². The first-order chi connectivity index (χ1) is 12.0. The molecule has 0 unspecified atom stereocenters. The third-order valence-electron chi connectivity index (χ3n) is 3.80. The van der Waals surface area contributed by atoms with Crippen molar-refractivity contribution >= 4 is 17.4 Å². The van der Waals surface area contributed by atoms with Crippen LogP contribution in [0.5, 0.6) is 0 Å². The predicted octanol–water partition coefficient (Wildman–Crippen LogP) is 3.10. The van der Waals surface area contributed by atoms with E-state index in [4.69, 9.17) is 4.52 Å². The van der Waals surface area contributed by atoms with E-state index in [1.807, 2.05) is 18.2 Å². The van der Waals surface area contributed by atoms with E-state index >= 15 is 0 Å². The molecule has 3 rings (SSSR count). The highest BCUT2D eigenvalue weighted by Gasteiger charge is 2.23. The van der Waals surface area contributed by atoms with E-state index in [2.05, 4.69) is 5.32 Å². The largest absolute Gasteiger partial charge is 0.370 e. The topological polar surface area (TPSA) is 81.3 Å². The average molecular weight is 336 g/mol. The smallest absolute Gasteiger partial charge is 0.335 e. The minimum absolute atomic E-state index is 0.0621. The zero-order chi connectivity index (χ0) is 18.0. The van der Waals surface area contributed by atoms with Crippen LogP contribution in [0.15, 0.2) is 63.9 Å². The van der Waals surface area contributed by atoms with Gasteiger partial charge in [0, 0.05) is 23.9 Å². The summed E-state index contributed by atoms with van der Waals surface area (Å²) in [6.07, 6.45) is 0. The second kappa shape index (κ2) is 6.60. The number of ketones is 1. The molecule has 0 aliphatic heterocycles. The van der Waals surface area contributed by atoms with E-state index in [1.165, 1.54) is 11.7 Å². The lowest BCUT2D eigenvalue weighted by atomic mass is 10.1. The summed E-state index contributed by atoms with van der Waals surface area (Å²) < 4.78 is 6.35. The summed E-state index contributed by atoms with van der Waals surface area (Å²) in [5, 5.41) is 2.67. The number of amides is 1. The van der Waals surface area contributed by atoms with Crippen molar-refractivity contribution < 1.29 is 14.1 Å². The molecule has 0 aliphatic carbocycles. The Bertz CT molecular complexity index is 983. The number of benzene rings is 2. The van der Waals surface area contributed by atoms with Gasteiger partial charge in [-0.1, -0.05) is 30.3 Å². The summed E-state index contributed by atoms with van der Waals surface area (Å²) in [4.78, 5) is 36.0. The molecule has 0 saturated heterocycles. The van der Waals surface area contributed by atoms with E-state index in [0.717, 1.165) is 0 Å². The van der Waals surface area contributed by atoms with Gasteiger partial charge in [-0.05, 0) is 31.2 Å². The molecule has 0 saturated carbocycles. The van der Waals surface area contributed by atoms with E-state index in [-0.39, 0.29) is 11.3 Å². The van der Waals surface area contributed by atoms with Gasteiger partial charge >= 0.3 is 5.63 Å². The Hall–Kier alpha value is -3.41. The molecular weight excluding hydrogens is 320 g/mol. The molecule has 0 fully saturated rings. The number of hydrogen-bond donors (Lipinski definition) is 1. The fourth-order valence-electron chi connectivity index (χ4n) is 2.57. The second-order valence-corrected chi connectivity index (χ2v) is 5.55. The number of hydrogen-bond acceptors (Lipinski definition) is 4. The summed E-state index contributed by atoms with van der Waals surface area (Å²) in [6, 6.07) is 15.5. The second-order valence-electron chi connectivity index (χ2n) is 5.55. The highest BCUT2D eigenvalue weighted by atomic mass is 16.5. The molecule has 25 heavy (non-hydrogen) atoms. The van der Waals surface area contributed by atoms with E-state index in [0.29, 0.717) is 22.5 Å². The maximum absolute atomic E-state index is 12.6. The SMILES string of the molecule is CC(=O)c1ccc(NC(=O)c2c(-c3ccccc3)n(C)oc2=O)cc1. The van der Waals surface area contributed by atoms with Crippen LogP contribution >= 0.6 is 0 Å². The number of carbonyl (C=O) groups is 2. The lowest BCUT2D eigenvalue weighted by Crippen LogP contribution is -2.19. The van der Waals surface area contributed by atoms with Crippen molar-refractivity contribution in [2.45, 2.75) is 6.92 Å². The molecule has 0 atom stereocenters. The first-order valence-corrected chi connectivity index (χ1v) is 7.65. The molecular formula is C19H16N2O4. The number of carbonyl (C=O) groups excluding carboxylic acids is 2. The predicted molar refractivity (Wildman–Crippen MR) is 93.8 cm³/mol. The van der Waals surface area contributed by atoms with Crippen LogP contribution in [0.4, 0.5) is 5.69 Å². The molecule has 1 heterocycles. The van der Waals surface area contributed by atoms with Crippen molar-refractivity contribution in [3.8, 4) is 11.3 Å². The summed E-state index contributed by atoms with van der Waals surface area (Å²) in [5.41, 5.74) is 1.36. The van der Waals surface area contributed by atoms with Crippen LogP contribution in [0.3, 0.4) is 0 Å². The van der Waals surface area contributed by atoms with Crippen LogP contribution in [-0.4, -0.2) is 16.4 Å². The lowest BCUT2D eigenvalue weighted by molar-refractivity contribution is 0.101. The number of aryl methyl sites for hydroxylation is 1. The Kier molecular flexibility index (Phi) is 4.35. The van der Waals surface area contributed by atoms with Gasteiger partial charge in [0.05, 0.1) is 0 Å². The van der Waals surface area contributed by atoms with Gasteiger partial charge in [-0.25, -0.2) is 9.53 Å². The molecule has 6 heteroatoms. The number of anilines is 1. The third kappa shape index (κ3) is 3.28. The molecule has 0 spiro atoms. The summed E-state index contributed by atoms with van der Waals surface area (Å²) in [5.74, 6) is -0.628. The Labute approximate surface area is 143 Å². The van der Waals surface area contributed by atoms with Gasteiger partial charge in [-0.15, -0.1) is 0 Å². The van der Waals surface area contributed by atoms with E-state index < -0.39 is 11.5 Å². The molecule has 3 aromatic rings. The van der Waals surface area contributed by atoms with Crippen molar-refractivity contribution in [3.63, 3.8) is 0 Å². The minimum atomic E-state index is -0.709. The van der Waals surface area contributed by atoms with Gasteiger partial charge in [-0.2, -0.15) is 0 Å². The molecule has 0 aliphatic rings. The van der Waals surface area contributed by atoms with Crippen LogP contribution in [-0.2, 0) is 7.05 Å². The van der Waals surface area contributed by atoms with E-state index in [1.54, 1.807) is 43.4 Å². The van der Waals surface area contributed by atoms with Crippen LogP contribution in [0, 0.1) is 0 Å². The average Bonchev–Trinajstić information content (AvgIpc) is 2.90. The fourth-order valence-corrected chi connectivity index (χ4v) is 2.57. The zero-order valence-electron chi connectivity index (χ0n) is 13.8. The minimum Gasteiger partial charge on any atom is -0.335 e. The Morgan fingerprint density at radius 3 is 2.24 bits per heavy atom. The normalized spacial score (nSPS) is 10.5. The fraction of sp³-hybridized carbons (Fsp3) is 0.105. The number of nitrogens with zero attached hydrogens (tertiary/aromatic N) is 1. The van der Waals surface area contributed by atoms with Gasteiger partial charge < -0.3 is 9.84 Å². The van der Waals surface area contributed by atoms with Crippen molar-refractivity contribution in [1.82, 2.24) is 4.74 Å². The third-order valence-corrected chi connectivity index (χ3v) is 3.80. The van der Waals surface area contributed by atoms with Gasteiger partial charge in [-0.3, -0.25) is 9.59 Å². The molecule has 0 radical (unpaired) electrons. The number of Topliss-reactive ketones (excluding diaryl/α,β-unsaturated/α-hetero) is 1. The number of aromatic nitrogens is 1. The van der Waals surface area contributed by atoms with Gasteiger partial charge in [0.15, 0.2) is 11.3 Å². The van der Waals surface area contributed by atoms with Crippen molar-refractivity contribution in [1.29, 1.82) is 0 Å². The van der Waals surface area contributed by atoms with Crippen LogP contribution in [0.1, 0.15) is 27.6 Å². The number of nitrogens with one attached hydrogen (secondary N) is 1. The Morgan fingerprint density at radius 1 is 1.00 bits per heavy atom. The molecule has 1 N–H and O–H groups in total. The maximum atomic E-state index is 12.6. The Balaban J connectivity index is 1.95. The van der Waals surface area contributed by atoms with E-state index in [9.17, 15) is 14.4 Å². The molecule has 6 nitrogen and oxygen atoms in total. The first kappa shape index (κ1) is 16.4. The van der Waals surface area contributed by atoms with Crippen molar-refractivity contribution in [3.05, 3.63) is 76.1 Å². The maximum Gasteiger partial charge on any atom is 0.370 e. The Morgan fingerprint density at radius 2 is 1.64 bits per heavy atom. The quantitative estimate of drug-likeness (QED) is 0.742. The number of rotatable bonds is 4. The zero-order valence-corrected chi connectivity index (χ0v) is 13.8. The van der Waals surface area contributed by atoms with Gasteiger partial charge in [0.1, 0.15) is 5.69 Å². The summed E-state index contributed by atoms with van der Waals surface area (Å²) in [7, 11) is 1.57.